The van der Waals surface area contributed by atoms with E-state index < -0.39 is 53.1 Å². The van der Waals surface area contributed by atoms with Crippen molar-refractivity contribution in [2.75, 3.05) is 32.8 Å². The normalized spacial score (nSPS) is 13.4. The Morgan fingerprint density at radius 3 is 2.10 bits per heavy atom. The van der Waals surface area contributed by atoms with E-state index in [-0.39, 0.29) is 65.4 Å². The molecule has 0 fully saturated rings. The predicted molar refractivity (Wildman–Crippen MR) is 258 cm³/mol. The highest BCUT2D eigenvalue weighted by Gasteiger charge is 2.34. The van der Waals surface area contributed by atoms with Gasteiger partial charge in [0.25, 0.3) is 5.91 Å². The minimum atomic E-state index is -1.04. The number of nitrogens with zero attached hydrogens (tertiary/aromatic N) is 2. The molecule has 4 aromatic rings. The first-order valence-corrected chi connectivity index (χ1v) is 22.6. The van der Waals surface area contributed by atoms with Crippen molar-refractivity contribution in [2.45, 2.75) is 111 Å². The van der Waals surface area contributed by atoms with Crippen molar-refractivity contribution in [3.63, 3.8) is 0 Å². The topological polar surface area (TPSA) is 220 Å². The molecule has 0 aromatic heterocycles. The number of rotatable bonds is 15. The molecule has 1 heterocycles. The van der Waals surface area contributed by atoms with Crippen molar-refractivity contribution in [1.29, 1.82) is 0 Å². The Balaban J connectivity index is 1.59. The van der Waals surface area contributed by atoms with Crippen LogP contribution in [0.2, 0.25) is 0 Å². The highest BCUT2D eigenvalue weighted by Crippen LogP contribution is 2.45. The van der Waals surface area contributed by atoms with Crippen LogP contribution in [-0.4, -0.2) is 90.3 Å². The van der Waals surface area contributed by atoms with Crippen LogP contribution in [0.25, 0.3) is 11.1 Å². The van der Waals surface area contributed by atoms with Crippen LogP contribution >= 0.6 is 0 Å². The molecule has 0 saturated heterocycles. The number of benzene rings is 4. The molecule has 1 aliphatic rings. The molecule has 364 valence electrons. The SMILES string of the molecule is C[C@H](C(=O)OC(C)(C)C)c1cc2c(c(C(=O)NCC(=O)OC(C)(C)C)c1-c1ccc(OCCN(CC(=O)OC(C)(C)C)Cc3ccccc3)cc1)OCCCc1cc(N=C(N)N)ccc1C(=O)O2. The lowest BCUT2D eigenvalue weighted by molar-refractivity contribution is -0.157. The highest BCUT2D eigenvalue weighted by atomic mass is 16.6. The lowest BCUT2D eigenvalue weighted by atomic mass is 9.86. The smallest absolute Gasteiger partial charge is 0.343 e. The quantitative estimate of drug-likeness (QED) is 0.0345. The standard InChI is InChI=1S/C52H65N5O11/c1-32(47(61)68-52(8,9)10)39-28-40-45(64-25-14-17-35-27-36(56-49(53)54)20-23-38(35)48(62)65-40)44(46(60)55-29-41(58)66-50(2,3)4)43(39)34-18-21-37(22-19-34)63-26-24-57(30-33-15-12-11-13-16-33)31-42(59)67-51(5,6)7/h11-13,15-16,18-23,27-28,32H,14,17,24-26,29-31H2,1-10H3,(H,55,60)(H4,53,54,56)/t32-/m0/s1. The molecule has 16 heteroatoms. The summed E-state index contributed by atoms with van der Waals surface area (Å²) in [6.45, 7) is 18.1. The number of fused-ring (bicyclic) bond motifs is 2. The van der Waals surface area contributed by atoms with Crippen LogP contribution < -0.4 is 31.0 Å². The van der Waals surface area contributed by atoms with E-state index >= 15 is 0 Å². The maximum atomic E-state index is 14.7. The number of carbonyl (C=O) groups excluding carboxylic acids is 5. The maximum absolute atomic E-state index is 14.7. The average Bonchev–Trinajstić information content (AvgIpc) is 3.22. The van der Waals surface area contributed by atoms with Gasteiger partial charge in [0.1, 0.15) is 35.7 Å². The van der Waals surface area contributed by atoms with Crippen molar-refractivity contribution >= 4 is 41.4 Å². The number of amides is 1. The summed E-state index contributed by atoms with van der Waals surface area (Å²) < 4.78 is 35.7. The van der Waals surface area contributed by atoms with Gasteiger partial charge in [-0.1, -0.05) is 42.5 Å². The van der Waals surface area contributed by atoms with E-state index in [0.717, 1.165) is 5.56 Å². The summed E-state index contributed by atoms with van der Waals surface area (Å²) >= 11 is 0. The molecule has 4 aromatic carbocycles. The lowest BCUT2D eigenvalue weighted by Gasteiger charge is -2.27. The van der Waals surface area contributed by atoms with Gasteiger partial charge in [-0.2, -0.15) is 0 Å². The summed E-state index contributed by atoms with van der Waals surface area (Å²) in [7, 11) is 0. The zero-order valence-electron chi connectivity index (χ0n) is 40.8. The molecule has 1 atom stereocenters. The Morgan fingerprint density at radius 2 is 1.47 bits per heavy atom. The number of ether oxygens (including phenoxy) is 6. The van der Waals surface area contributed by atoms with E-state index in [0.29, 0.717) is 48.5 Å². The minimum absolute atomic E-state index is 0.0500. The second-order valence-electron chi connectivity index (χ2n) is 19.4. The number of hydrogen-bond acceptors (Lipinski definition) is 13. The molecule has 0 spiro atoms. The van der Waals surface area contributed by atoms with E-state index in [9.17, 15) is 24.0 Å². The minimum Gasteiger partial charge on any atom is -0.492 e. The summed E-state index contributed by atoms with van der Waals surface area (Å²) in [5.41, 5.74) is 12.1. The maximum Gasteiger partial charge on any atom is 0.343 e. The van der Waals surface area contributed by atoms with Gasteiger partial charge in [-0.05, 0) is 141 Å². The second-order valence-corrected chi connectivity index (χ2v) is 19.4. The van der Waals surface area contributed by atoms with Crippen molar-refractivity contribution in [3.8, 4) is 28.4 Å². The van der Waals surface area contributed by atoms with E-state index in [4.69, 9.17) is 39.9 Å². The van der Waals surface area contributed by atoms with Crippen LogP contribution in [0.1, 0.15) is 119 Å². The summed E-state index contributed by atoms with van der Waals surface area (Å²) in [5.74, 6) is -4.12. The van der Waals surface area contributed by atoms with Crippen molar-refractivity contribution in [3.05, 3.63) is 107 Å². The van der Waals surface area contributed by atoms with Crippen LogP contribution in [0.15, 0.2) is 83.9 Å². The zero-order chi connectivity index (χ0) is 50.0. The molecule has 68 heavy (non-hydrogen) atoms. The molecule has 0 unspecified atom stereocenters. The Hall–Kier alpha value is -6.94. The molecule has 16 nitrogen and oxygen atoms in total. The van der Waals surface area contributed by atoms with Gasteiger partial charge in [0, 0.05) is 18.7 Å². The molecule has 1 aliphatic heterocycles. The molecule has 5 rings (SSSR count). The first kappa shape index (κ1) is 52.0. The number of hydrogen-bond donors (Lipinski definition) is 3. The summed E-state index contributed by atoms with van der Waals surface area (Å²) in [6, 6.07) is 23.0. The van der Waals surface area contributed by atoms with Crippen LogP contribution in [0.5, 0.6) is 17.2 Å². The molecular weight excluding hydrogens is 871 g/mol. The van der Waals surface area contributed by atoms with Crippen LogP contribution in [0.4, 0.5) is 5.69 Å². The third-order valence-corrected chi connectivity index (χ3v) is 9.99. The number of esters is 4. The molecule has 0 bridgehead atoms. The summed E-state index contributed by atoms with van der Waals surface area (Å²) in [4.78, 5) is 74.7. The Morgan fingerprint density at radius 1 is 0.824 bits per heavy atom. The van der Waals surface area contributed by atoms with E-state index in [1.165, 1.54) is 6.07 Å². The van der Waals surface area contributed by atoms with Gasteiger partial charge in [-0.15, -0.1) is 0 Å². The van der Waals surface area contributed by atoms with Crippen LogP contribution in [0, 0.1) is 0 Å². The van der Waals surface area contributed by atoms with Crippen LogP contribution in [0.3, 0.4) is 0 Å². The van der Waals surface area contributed by atoms with E-state index in [1.807, 2.05) is 56.0 Å². The van der Waals surface area contributed by atoms with Gasteiger partial charge >= 0.3 is 23.9 Å². The fourth-order valence-corrected chi connectivity index (χ4v) is 7.30. The monoisotopic (exact) mass is 935 g/mol. The van der Waals surface area contributed by atoms with Gasteiger partial charge in [0.15, 0.2) is 17.5 Å². The summed E-state index contributed by atoms with van der Waals surface area (Å²) in [5, 5.41) is 2.68. The number of nitrogens with two attached hydrogens (primary N) is 2. The first-order chi connectivity index (χ1) is 31.9. The Kier molecular flexibility index (Phi) is 17.0. The first-order valence-electron chi connectivity index (χ1n) is 22.6. The lowest BCUT2D eigenvalue weighted by Crippen LogP contribution is -2.36. The van der Waals surface area contributed by atoms with Gasteiger partial charge < -0.3 is 45.2 Å². The number of carbonyl (C=O) groups is 5. The number of aliphatic imine (C=N–C) groups is 1. The Bertz CT molecular complexity index is 2480. The number of aryl methyl sites for hydroxylation is 1. The van der Waals surface area contributed by atoms with Crippen molar-refractivity contribution in [1.82, 2.24) is 10.2 Å². The zero-order valence-corrected chi connectivity index (χ0v) is 40.8. The molecule has 0 aliphatic carbocycles. The molecule has 0 saturated carbocycles. The van der Waals surface area contributed by atoms with Gasteiger partial charge in [-0.3, -0.25) is 24.1 Å². The summed E-state index contributed by atoms with van der Waals surface area (Å²) in [6.07, 6.45) is 0.753. The fourth-order valence-electron chi connectivity index (χ4n) is 7.30. The second kappa shape index (κ2) is 22.2. The third kappa shape index (κ3) is 15.6. The fraction of sp³-hybridized carbons (Fsp3) is 0.423. The largest absolute Gasteiger partial charge is 0.492 e. The molecule has 0 radical (unpaired) electrons. The molecule has 5 N–H and O–H groups in total. The number of nitrogens with one attached hydrogen (secondary N) is 1. The molecular formula is C52H65N5O11. The predicted octanol–water partition coefficient (Wildman–Crippen LogP) is 7.54. The molecule has 1 amide bonds. The van der Waals surface area contributed by atoms with Crippen molar-refractivity contribution in [2.24, 2.45) is 16.5 Å². The number of guanidine groups is 1. The van der Waals surface area contributed by atoms with Gasteiger partial charge in [0.2, 0.25) is 0 Å². The van der Waals surface area contributed by atoms with Crippen LogP contribution in [-0.2, 0) is 41.6 Å². The van der Waals surface area contributed by atoms with Gasteiger partial charge in [0.05, 0.1) is 35.9 Å². The third-order valence-electron chi connectivity index (χ3n) is 9.99. The Labute approximate surface area is 398 Å². The highest BCUT2D eigenvalue weighted by molar-refractivity contribution is 6.07. The van der Waals surface area contributed by atoms with E-state index in [1.54, 1.807) is 90.9 Å². The van der Waals surface area contributed by atoms with E-state index in [2.05, 4.69) is 10.3 Å². The average molecular weight is 936 g/mol. The van der Waals surface area contributed by atoms with Crippen molar-refractivity contribution < 1.29 is 52.4 Å². The van der Waals surface area contributed by atoms with Gasteiger partial charge in [-0.25, -0.2) is 9.79 Å².